The van der Waals surface area contributed by atoms with Gasteiger partial charge in [0.1, 0.15) is 11.6 Å². The smallest absolute Gasteiger partial charge is 0.419 e. The number of carbonyl (C=O) groups excluding carboxylic acids is 1. The van der Waals surface area contributed by atoms with Crippen molar-refractivity contribution >= 4 is 5.91 Å². The average Bonchev–Trinajstić information content (AvgIpc) is 2.51. The summed E-state index contributed by atoms with van der Waals surface area (Å²) in [5.74, 6) is -1.55. The average molecular weight is 327 g/mol. The Morgan fingerprint density at radius 1 is 1.04 bits per heavy atom. The number of hydrogen-bond acceptors (Lipinski definition) is 2. The summed E-state index contributed by atoms with van der Waals surface area (Å²) in [5.41, 5.74) is -0.682. The van der Waals surface area contributed by atoms with Gasteiger partial charge in [-0.3, -0.25) is 4.79 Å². The zero-order valence-corrected chi connectivity index (χ0v) is 11.9. The van der Waals surface area contributed by atoms with Gasteiger partial charge in [-0.25, -0.2) is 4.39 Å². The topological polar surface area (TPSA) is 38.3 Å². The number of para-hydroxylation sites is 1. The third kappa shape index (κ3) is 4.70. The molecule has 0 aliphatic heterocycles. The first-order valence-electron chi connectivity index (χ1n) is 6.67. The molecule has 0 unspecified atom stereocenters. The van der Waals surface area contributed by atoms with Crippen LogP contribution >= 0.6 is 0 Å². The normalized spacial score (nSPS) is 11.1. The van der Waals surface area contributed by atoms with E-state index in [2.05, 4.69) is 5.32 Å². The predicted molar refractivity (Wildman–Crippen MR) is 75.2 cm³/mol. The van der Waals surface area contributed by atoms with Crippen LogP contribution in [0.1, 0.15) is 11.1 Å². The summed E-state index contributed by atoms with van der Waals surface area (Å²) in [5, 5.41) is 2.38. The second kappa shape index (κ2) is 7.13. The molecule has 0 aliphatic carbocycles. The van der Waals surface area contributed by atoms with Crippen LogP contribution in [0.15, 0.2) is 48.5 Å². The summed E-state index contributed by atoms with van der Waals surface area (Å²) >= 11 is 0. The molecule has 122 valence electrons. The van der Waals surface area contributed by atoms with E-state index in [1.165, 1.54) is 30.3 Å². The maximum Gasteiger partial charge on any atom is 0.419 e. The molecule has 1 amide bonds. The third-order valence-electron chi connectivity index (χ3n) is 2.99. The van der Waals surface area contributed by atoms with Gasteiger partial charge in [0.05, 0.1) is 5.56 Å². The molecule has 0 saturated carbocycles. The Morgan fingerprint density at radius 2 is 1.70 bits per heavy atom. The van der Waals surface area contributed by atoms with Crippen LogP contribution < -0.4 is 10.1 Å². The molecule has 0 spiro atoms. The molecule has 0 aromatic heterocycles. The standard InChI is InChI=1S/C16H13F4NO2/c17-13-7-3-1-5-11(13)9-21-15(22)10-23-14-8-4-2-6-12(14)16(18,19)20/h1-8H,9-10H2,(H,21,22). The molecule has 1 N–H and O–H groups in total. The summed E-state index contributed by atoms with van der Waals surface area (Å²) < 4.78 is 56.6. The van der Waals surface area contributed by atoms with E-state index in [9.17, 15) is 22.4 Å². The highest BCUT2D eigenvalue weighted by Crippen LogP contribution is 2.35. The molecule has 0 saturated heterocycles. The zero-order valence-electron chi connectivity index (χ0n) is 11.9. The predicted octanol–water partition coefficient (Wildman–Crippen LogP) is 3.54. The molecule has 7 heteroatoms. The highest BCUT2D eigenvalue weighted by Gasteiger charge is 2.34. The van der Waals surface area contributed by atoms with Crippen LogP contribution in [0.5, 0.6) is 5.75 Å². The van der Waals surface area contributed by atoms with Crippen molar-refractivity contribution in [2.75, 3.05) is 6.61 Å². The highest BCUT2D eigenvalue weighted by molar-refractivity contribution is 5.77. The number of hydrogen-bond donors (Lipinski definition) is 1. The van der Waals surface area contributed by atoms with E-state index in [0.717, 1.165) is 12.1 Å². The molecule has 0 radical (unpaired) electrons. The molecule has 0 bridgehead atoms. The van der Waals surface area contributed by atoms with Crippen LogP contribution in [0.2, 0.25) is 0 Å². The van der Waals surface area contributed by atoms with E-state index >= 15 is 0 Å². The Balaban J connectivity index is 1.92. The van der Waals surface area contributed by atoms with Gasteiger partial charge in [-0.15, -0.1) is 0 Å². The van der Waals surface area contributed by atoms with Crippen molar-refractivity contribution in [2.24, 2.45) is 0 Å². The van der Waals surface area contributed by atoms with E-state index < -0.39 is 35.8 Å². The lowest BCUT2D eigenvalue weighted by Gasteiger charge is -2.13. The second-order valence-corrected chi connectivity index (χ2v) is 4.65. The monoisotopic (exact) mass is 327 g/mol. The van der Waals surface area contributed by atoms with Crippen molar-refractivity contribution < 1.29 is 27.1 Å². The maximum atomic E-state index is 13.4. The summed E-state index contributed by atoms with van der Waals surface area (Å²) in [6, 6.07) is 10.5. The number of rotatable bonds is 5. The molecular weight excluding hydrogens is 314 g/mol. The fourth-order valence-electron chi connectivity index (χ4n) is 1.86. The zero-order chi connectivity index (χ0) is 16.9. The SMILES string of the molecule is O=C(COc1ccccc1C(F)(F)F)NCc1ccccc1F. The fourth-order valence-corrected chi connectivity index (χ4v) is 1.86. The molecule has 0 atom stereocenters. The van der Waals surface area contributed by atoms with Crippen molar-refractivity contribution in [3.05, 3.63) is 65.5 Å². The first kappa shape index (κ1) is 16.8. The van der Waals surface area contributed by atoms with Crippen LogP contribution in [-0.4, -0.2) is 12.5 Å². The van der Waals surface area contributed by atoms with Gasteiger partial charge in [0.15, 0.2) is 6.61 Å². The number of amides is 1. The van der Waals surface area contributed by atoms with Crippen LogP contribution in [0.4, 0.5) is 17.6 Å². The molecule has 2 aromatic carbocycles. The molecule has 2 aromatic rings. The van der Waals surface area contributed by atoms with E-state index in [1.807, 2.05) is 0 Å². The van der Waals surface area contributed by atoms with E-state index in [-0.39, 0.29) is 12.1 Å². The summed E-state index contributed by atoms with van der Waals surface area (Å²) in [7, 11) is 0. The van der Waals surface area contributed by atoms with Gasteiger partial charge in [-0.05, 0) is 18.2 Å². The van der Waals surface area contributed by atoms with Gasteiger partial charge < -0.3 is 10.1 Å². The largest absolute Gasteiger partial charge is 0.483 e. The number of carbonyl (C=O) groups is 1. The summed E-state index contributed by atoms with van der Waals surface area (Å²) in [6.07, 6.45) is -4.57. The summed E-state index contributed by atoms with van der Waals surface area (Å²) in [4.78, 5) is 11.6. The van der Waals surface area contributed by atoms with Crippen LogP contribution in [0, 0.1) is 5.82 Å². The lowest BCUT2D eigenvalue weighted by atomic mass is 10.2. The van der Waals surface area contributed by atoms with Crippen LogP contribution in [0.3, 0.4) is 0 Å². The van der Waals surface area contributed by atoms with Gasteiger partial charge in [-0.2, -0.15) is 13.2 Å². The number of benzene rings is 2. The summed E-state index contributed by atoms with van der Waals surface area (Å²) in [6.45, 7) is -0.669. The minimum absolute atomic E-state index is 0.0736. The third-order valence-corrected chi connectivity index (χ3v) is 2.99. The van der Waals surface area contributed by atoms with Crippen molar-refractivity contribution in [3.63, 3.8) is 0 Å². The lowest BCUT2D eigenvalue weighted by Crippen LogP contribution is -2.29. The highest BCUT2D eigenvalue weighted by atomic mass is 19.4. The van der Waals surface area contributed by atoms with Gasteiger partial charge in [-0.1, -0.05) is 30.3 Å². The number of halogens is 4. The number of ether oxygens (including phenoxy) is 1. The number of nitrogens with one attached hydrogen (secondary N) is 1. The first-order chi connectivity index (χ1) is 10.9. The molecular formula is C16H13F4NO2. The van der Waals surface area contributed by atoms with E-state index in [0.29, 0.717) is 0 Å². The molecule has 0 heterocycles. The Bertz CT molecular complexity index is 686. The van der Waals surface area contributed by atoms with Gasteiger partial charge in [0.25, 0.3) is 5.91 Å². The first-order valence-corrected chi connectivity index (χ1v) is 6.67. The Hall–Kier alpha value is -2.57. The van der Waals surface area contributed by atoms with E-state index in [4.69, 9.17) is 4.74 Å². The minimum atomic E-state index is -4.57. The van der Waals surface area contributed by atoms with Crippen molar-refractivity contribution in [2.45, 2.75) is 12.7 Å². The van der Waals surface area contributed by atoms with Crippen LogP contribution in [0.25, 0.3) is 0 Å². The molecule has 23 heavy (non-hydrogen) atoms. The maximum absolute atomic E-state index is 13.4. The van der Waals surface area contributed by atoms with Gasteiger partial charge in [0, 0.05) is 12.1 Å². The van der Waals surface area contributed by atoms with Gasteiger partial charge >= 0.3 is 6.18 Å². The second-order valence-electron chi connectivity index (χ2n) is 4.65. The lowest BCUT2D eigenvalue weighted by molar-refractivity contribution is -0.139. The molecule has 0 fully saturated rings. The molecule has 0 aliphatic rings. The van der Waals surface area contributed by atoms with E-state index in [1.54, 1.807) is 6.07 Å². The van der Waals surface area contributed by atoms with Crippen molar-refractivity contribution in [3.8, 4) is 5.75 Å². The Morgan fingerprint density at radius 3 is 2.39 bits per heavy atom. The minimum Gasteiger partial charge on any atom is -0.483 e. The quantitative estimate of drug-likeness (QED) is 0.853. The van der Waals surface area contributed by atoms with Crippen LogP contribution in [-0.2, 0) is 17.5 Å². The van der Waals surface area contributed by atoms with Crippen molar-refractivity contribution in [1.82, 2.24) is 5.32 Å². The van der Waals surface area contributed by atoms with Crippen molar-refractivity contribution in [1.29, 1.82) is 0 Å². The van der Waals surface area contributed by atoms with Gasteiger partial charge in [0.2, 0.25) is 0 Å². The molecule has 2 rings (SSSR count). The number of alkyl halides is 3. The molecule has 3 nitrogen and oxygen atoms in total. The Labute approximate surface area is 129 Å². The fraction of sp³-hybridized carbons (Fsp3) is 0.188. The Kier molecular flexibility index (Phi) is 5.20.